The first-order valence-corrected chi connectivity index (χ1v) is 10.7. The zero-order valence-electron chi connectivity index (χ0n) is 18.7. The number of aliphatic carboxylic acids is 1. The van der Waals surface area contributed by atoms with Crippen LogP contribution in [0, 0.1) is 0 Å². The summed E-state index contributed by atoms with van der Waals surface area (Å²) in [5.41, 5.74) is 3.73. The molecular formula is C25H33NO5. The van der Waals surface area contributed by atoms with Crippen molar-refractivity contribution in [3.8, 4) is 5.75 Å². The molecule has 1 unspecified atom stereocenters. The van der Waals surface area contributed by atoms with Gasteiger partial charge in [0.2, 0.25) is 0 Å². The van der Waals surface area contributed by atoms with Crippen LogP contribution < -0.4 is 4.74 Å². The predicted molar refractivity (Wildman–Crippen MR) is 120 cm³/mol. The molecular weight excluding hydrogens is 394 g/mol. The van der Waals surface area contributed by atoms with Crippen LogP contribution in [0.5, 0.6) is 5.75 Å². The van der Waals surface area contributed by atoms with Gasteiger partial charge in [-0.25, -0.2) is 0 Å². The van der Waals surface area contributed by atoms with E-state index in [1.54, 1.807) is 0 Å². The summed E-state index contributed by atoms with van der Waals surface area (Å²) >= 11 is 0. The van der Waals surface area contributed by atoms with Crippen LogP contribution in [0.25, 0.3) is 0 Å². The summed E-state index contributed by atoms with van der Waals surface area (Å²) in [6.45, 7) is 2.85. The number of benzene rings is 2. The van der Waals surface area contributed by atoms with Gasteiger partial charge in [0.1, 0.15) is 18.5 Å². The van der Waals surface area contributed by atoms with Gasteiger partial charge in [-0.2, -0.15) is 0 Å². The minimum Gasteiger partial charge on any atom is -0.489 e. The molecule has 168 valence electrons. The number of carboxylic acids is 1. The monoisotopic (exact) mass is 427 g/mol. The van der Waals surface area contributed by atoms with Gasteiger partial charge in [-0.15, -0.1) is 0 Å². The molecule has 0 amide bonds. The second kappa shape index (κ2) is 12.7. The number of aryl methyl sites for hydroxylation is 3. The van der Waals surface area contributed by atoms with Crippen LogP contribution in [0.15, 0.2) is 48.5 Å². The Morgan fingerprint density at radius 2 is 1.74 bits per heavy atom. The number of hydrogen-bond donors (Lipinski definition) is 1. The lowest BCUT2D eigenvalue weighted by atomic mass is 10.0. The second-order valence-electron chi connectivity index (χ2n) is 7.86. The fourth-order valence-electron chi connectivity index (χ4n) is 3.30. The van der Waals surface area contributed by atoms with Crippen LogP contribution in [0.2, 0.25) is 0 Å². The smallest absolute Gasteiger partial charge is 0.306 e. The van der Waals surface area contributed by atoms with Crippen molar-refractivity contribution < 1.29 is 24.2 Å². The van der Waals surface area contributed by atoms with Gasteiger partial charge in [-0.3, -0.25) is 9.59 Å². The first kappa shape index (κ1) is 24.4. The van der Waals surface area contributed by atoms with Crippen LogP contribution >= 0.6 is 0 Å². The number of nitrogens with zero attached hydrogens (tertiary/aromatic N) is 1. The highest BCUT2D eigenvalue weighted by molar-refractivity contribution is 5.76. The van der Waals surface area contributed by atoms with E-state index in [4.69, 9.17) is 14.6 Å². The first-order valence-electron chi connectivity index (χ1n) is 10.7. The third-order valence-corrected chi connectivity index (χ3v) is 4.89. The average molecular weight is 428 g/mol. The van der Waals surface area contributed by atoms with E-state index in [1.165, 1.54) is 11.1 Å². The van der Waals surface area contributed by atoms with Crippen LogP contribution in [0.3, 0.4) is 0 Å². The Morgan fingerprint density at radius 3 is 2.45 bits per heavy atom. The summed E-state index contributed by atoms with van der Waals surface area (Å²) in [6.07, 6.45) is 1.92. The molecule has 0 saturated heterocycles. The maximum atomic E-state index is 12.0. The molecule has 0 saturated carbocycles. The molecule has 0 aliphatic heterocycles. The Hall–Kier alpha value is -2.86. The van der Waals surface area contributed by atoms with E-state index in [-0.39, 0.29) is 19.4 Å². The third-order valence-electron chi connectivity index (χ3n) is 4.89. The molecule has 31 heavy (non-hydrogen) atoms. The van der Waals surface area contributed by atoms with Gasteiger partial charge in [-0.05, 0) is 56.1 Å². The molecule has 2 aromatic carbocycles. The van der Waals surface area contributed by atoms with Crippen molar-refractivity contribution in [1.29, 1.82) is 0 Å². The highest BCUT2D eigenvalue weighted by Crippen LogP contribution is 2.21. The number of carbonyl (C=O) groups is 2. The predicted octanol–water partition coefficient (Wildman–Crippen LogP) is 3.75. The molecule has 6 heteroatoms. The molecule has 1 N–H and O–H groups in total. The fourth-order valence-corrected chi connectivity index (χ4v) is 3.30. The van der Waals surface area contributed by atoms with E-state index in [1.807, 2.05) is 37.2 Å². The number of ether oxygens (including phenoxy) is 2. The highest BCUT2D eigenvalue weighted by atomic mass is 16.6. The molecule has 0 aliphatic carbocycles. The van der Waals surface area contributed by atoms with E-state index in [2.05, 4.69) is 37.3 Å². The van der Waals surface area contributed by atoms with Gasteiger partial charge in [-0.1, -0.05) is 49.4 Å². The zero-order chi connectivity index (χ0) is 22.6. The zero-order valence-corrected chi connectivity index (χ0v) is 18.7. The molecule has 0 radical (unpaired) electrons. The number of carbonyl (C=O) groups excluding carboxylic acids is 1. The van der Waals surface area contributed by atoms with Crippen molar-refractivity contribution in [2.75, 3.05) is 27.2 Å². The quantitative estimate of drug-likeness (QED) is 0.491. The highest BCUT2D eigenvalue weighted by Gasteiger charge is 2.18. The number of para-hydroxylation sites is 1. The maximum Gasteiger partial charge on any atom is 0.306 e. The van der Waals surface area contributed by atoms with Crippen molar-refractivity contribution in [3.05, 3.63) is 65.2 Å². The topological polar surface area (TPSA) is 76.1 Å². The number of likely N-dealkylation sites (N-methyl/N-ethyl adjacent to an activating group) is 1. The van der Waals surface area contributed by atoms with Crippen molar-refractivity contribution >= 4 is 11.9 Å². The second-order valence-corrected chi connectivity index (χ2v) is 7.86. The summed E-state index contributed by atoms with van der Waals surface area (Å²) in [6, 6.07) is 16.5. The molecule has 0 bridgehead atoms. The van der Waals surface area contributed by atoms with E-state index < -0.39 is 18.0 Å². The number of esters is 1. The summed E-state index contributed by atoms with van der Waals surface area (Å²) in [7, 11) is 3.77. The minimum atomic E-state index is -1.02. The lowest BCUT2D eigenvalue weighted by Crippen LogP contribution is -2.35. The number of hydrogen-bond acceptors (Lipinski definition) is 5. The molecule has 2 rings (SSSR count). The Morgan fingerprint density at radius 1 is 1.00 bits per heavy atom. The van der Waals surface area contributed by atoms with Crippen LogP contribution in [-0.2, 0) is 33.6 Å². The van der Waals surface area contributed by atoms with Crippen LogP contribution in [0.4, 0.5) is 0 Å². The maximum absolute atomic E-state index is 12.0. The SMILES string of the molecule is CCc1cccc(CCc2ccccc2OCC(CN(C)C)OC(=O)CCC(=O)O)c1. The van der Waals surface area contributed by atoms with Gasteiger partial charge in [0.25, 0.3) is 0 Å². The van der Waals surface area contributed by atoms with E-state index in [0.29, 0.717) is 6.54 Å². The fraction of sp³-hybridized carbons (Fsp3) is 0.440. The van der Waals surface area contributed by atoms with Gasteiger partial charge < -0.3 is 19.5 Å². The molecule has 2 aromatic rings. The minimum absolute atomic E-state index is 0.146. The molecule has 0 fully saturated rings. The van der Waals surface area contributed by atoms with Crippen molar-refractivity contribution in [3.63, 3.8) is 0 Å². The Labute approximate surface area is 184 Å². The number of rotatable bonds is 13. The molecule has 0 aliphatic rings. The van der Waals surface area contributed by atoms with E-state index in [9.17, 15) is 9.59 Å². The standard InChI is InChI=1S/C25H33NO5/c1-4-19-8-7-9-20(16-19)12-13-21-10-5-6-11-23(21)30-18-22(17-26(2)3)31-25(29)15-14-24(27)28/h5-11,16,22H,4,12-15,17-18H2,1-3H3,(H,27,28). The molecule has 6 nitrogen and oxygen atoms in total. The lowest BCUT2D eigenvalue weighted by Gasteiger charge is -2.22. The normalized spacial score (nSPS) is 11.9. The number of carboxylic acid groups (broad SMARTS) is 1. The van der Waals surface area contributed by atoms with Crippen molar-refractivity contribution in [2.45, 2.75) is 45.1 Å². The summed E-state index contributed by atoms with van der Waals surface area (Å²) < 4.78 is 11.5. The molecule has 0 spiro atoms. The van der Waals surface area contributed by atoms with E-state index in [0.717, 1.165) is 30.6 Å². The van der Waals surface area contributed by atoms with Crippen LogP contribution in [-0.4, -0.2) is 55.3 Å². The van der Waals surface area contributed by atoms with E-state index >= 15 is 0 Å². The summed E-state index contributed by atoms with van der Waals surface area (Å²) in [5, 5.41) is 8.75. The summed E-state index contributed by atoms with van der Waals surface area (Å²) in [4.78, 5) is 24.6. The Kier molecular flexibility index (Phi) is 10.0. The summed E-state index contributed by atoms with van der Waals surface area (Å²) in [5.74, 6) is -0.766. The van der Waals surface area contributed by atoms with Gasteiger partial charge in [0.15, 0.2) is 0 Å². The largest absolute Gasteiger partial charge is 0.489 e. The molecule has 0 heterocycles. The van der Waals surface area contributed by atoms with Crippen molar-refractivity contribution in [1.82, 2.24) is 4.90 Å². The Bertz CT molecular complexity index is 849. The third kappa shape index (κ3) is 9.22. The van der Waals surface area contributed by atoms with Gasteiger partial charge >= 0.3 is 11.9 Å². The average Bonchev–Trinajstić information content (AvgIpc) is 2.75. The van der Waals surface area contributed by atoms with Gasteiger partial charge in [0.05, 0.1) is 12.8 Å². The van der Waals surface area contributed by atoms with Crippen molar-refractivity contribution in [2.24, 2.45) is 0 Å². The molecule has 0 aromatic heterocycles. The Balaban J connectivity index is 1.98. The van der Waals surface area contributed by atoms with Crippen LogP contribution in [0.1, 0.15) is 36.5 Å². The first-order chi connectivity index (χ1) is 14.9. The molecule has 1 atom stereocenters. The van der Waals surface area contributed by atoms with Gasteiger partial charge in [0, 0.05) is 6.54 Å². The lowest BCUT2D eigenvalue weighted by molar-refractivity contribution is -0.153.